The number of amides is 1. The van der Waals surface area contributed by atoms with Gasteiger partial charge < -0.3 is 15.6 Å². The van der Waals surface area contributed by atoms with E-state index in [9.17, 15) is 13.2 Å². The number of sulfonamides is 1. The summed E-state index contributed by atoms with van der Waals surface area (Å²) in [6, 6.07) is 1.53. The van der Waals surface area contributed by atoms with Gasteiger partial charge in [-0.1, -0.05) is 6.42 Å². The van der Waals surface area contributed by atoms with Crippen molar-refractivity contribution in [1.29, 1.82) is 0 Å². The SMILES string of the molecule is CNC(=O)c1cc(S(=O)(=O)N2CC3CCCC(N)C3C2)cn1C. The molecular formula is C15H24N4O3S. The molecule has 1 aliphatic heterocycles. The van der Waals surface area contributed by atoms with E-state index in [1.54, 1.807) is 11.6 Å². The molecule has 8 heteroatoms. The number of nitrogens with zero attached hydrogens (tertiary/aromatic N) is 2. The van der Waals surface area contributed by atoms with Gasteiger partial charge in [0.05, 0.1) is 0 Å². The lowest BCUT2D eigenvalue weighted by Crippen LogP contribution is -2.38. The van der Waals surface area contributed by atoms with Gasteiger partial charge in [0.2, 0.25) is 10.0 Å². The highest BCUT2D eigenvalue weighted by molar-refractivity contribution is 7.89. The van der Waals surface area contributed by atoms with E-state index in [0.717, 1.165) is 19.3 Å². The number of fused-ring (bicyclic) bond motifs is 1. The van der Waals surface area contributed by atoms with Crippen LogP contribution < -0.4 is 11.1 Å². The van der Waals surface area contributed by atoms with Crippen LogP contribution in [0.3, 0.4) is 0 Å². The Balaban J connectivity index is 1.86. The molecule has 0 bridgehead atoms. The number of carbonyl (C=O) groups excluding carboxylic acids is 1. The number of rotatable bonds is 3. The molecule has 1 aliphatic carbocycles. The van der Waals surface area contributed by atoms with Gasteiger partial charge in [-0.3, -0.25) is 4.79 Å². The molecule has 2 heterocycles. The zero-order chi connectivity index (χ0) is 16.8. The maximum atomic E-state index is 12.9. The van der Waals surface area contributed by atoms with Gasteiger partial charge >= 0.3 is 0 Å². The van der Waals surface area contributed by atoms with Crippen LogP contribution in [0.15, 0.2) is 17.2 Å². The molecule has 3 N–H and O–H groups in total. The highest BCUT2D eigenvalue weighted by atomic mass is 32.2. The third-order valence-electron chi connectivity index (χ3n) is 5.20. The van der Waals surface area contributed by atoms with E-state index in [-0.39, 0.29) is 22.8 Å². The van der Waals surface area contributed by atoms with Gasteiger partial charge in [-0.25, -0.2) is 8.42 Å². The highest BCUT2D eigenvalue weighted by Gasteiger charge is 2.43. The number of carbonyl (C=O) groups is 1. The first-order valence-electron chi connectivity index (χ1n) is 7.98. The van der Waals surface area contributed by atoms with Crippen LogP contribution in [0.2, 0.25) is 0 Å². The summed E-state index contributed by atoms with van der Waals surface area (Å²) >= 11 is 0. The zero-order valence-corrected chi connectivity index (χ0v) is 14.3. The molecule has 128 valence electrons. The molecule has 2 fully saturated rings. The largest absolute Gasteiger partial charge is 0.354 e. The molecule has 0 aromatic carbocycles. The number of aryl methyl sites for hydroxylation is 1. The van der Waals surface area contributed by atoms with Crippen LogP contribution >= 0.6 is 0 Å². The average Bonchev–Trinajstić information content (AvgIpc) is 3.11. The van der Waals surface area contributed by atoms with Crippen molar-refractivity contribution in [2.45, 2.75) is 30.2 Å². The number of hydrogen-bond acceptors (Lipinski definition) is 4. The molecular weight excluding hydrogens is 316 g/mol. The second-order valence-electron chi connectivity index (χ2n) is 6.59. The van der Waals surface area contributed by atoms with Gasteiger partial charge in [-0.05, 0) is 30.7 Å². The van der Waals surface area contributed by atoms with Crippen molar-refractivity contribution in [3.8, 4) is 0 Å². The Morgan fingerprint density at radius 3 is 2.74 bits per heavy atom. The molecule has 1 saturated heterocycles. The Hall–Kier alpha value is -1.38. The molecule has 3 rings (SSSR count). The Kier molecular flexibility index (Phi) is 4.24. The van der Waals surface area contributed by atoms with Crippen LogP contribution in [0.25, 0.3) is 0 Å². The van der Waals surface area contributed by atoms with Crippen LogP contribution in [0, 0.1) is 11.8 Å². The van der Waals surface area contributed by atoms with Crippen molar-refractivity contribution in [1.82, 2.24) is 14.2 Å². The lowest BCUT2D eigenvalue weighted by atomic mass is 9.78. The van der Waals surface area contributed by atoms with Crippen LogP contribution in [0.1, 0.15) is 29.8 Å². The van der Waals surface area contributed by atoms with Crippen LogP contribution in [-0.4, -0.2) is 49.4 Å². The minimum Gasteiger partial charge on any atom is -0.354 e. The molecule has 7 nitrogen and oxygen atoms in total. The summed E-state index contributed by atoms with van der Waals surface area (Å²) in [6.07, 6.45) is 4.59. The molecule has 1 amide bonds. The first-order valence-corrected chi connectivity index (χ1v) is 9.42. The van der Waals surface area contributed by atoms with E-state index in [1.165, 1.54) is 23.6 Å². The van der Waals surface area contributed by atoms with Gasteiger partial charge in [0.1, 0.15) is 10.6 Å². The minimum atomic E-state index is -3.59. The third kappa shape index (κ3) is 2.79. The fourth-order valence-corrected chi connectivity index (χ4v) is 5.46. The van der Waals surface area contributed by atoms with E-state index >= 15 is 0 Å². The number of nitrogens with one attached hydrogen (secondary N) is 1. The van der Waals surface area contributed by atoms with Gasteiger partial charge in [-0.15, -0.1) is 0 Å². The Bertz CT molecular complexity index is 712. The van der Waals surface area contributed by atoms with E-state index in [1.807, 2.05) is 0 Å². The van der Waals surface area contributed by atoms with Crippen LogP contribution in [0.4, 0.5) is 0 Å². The smallest absolute Gasteiger partial charge is 0.267 e. The number of aromatic nitrogens is 1. The summed E-state index contributed by atoms with van der Waals surface area (Å²) in [5.41, 5.74) is 6.50. The monoisotopic (exact) mass is 340 g/mol. The predicted molar refractivity (Wildman–Crippen MR) is 86.4 cm³/mol. The summed E-state index contributed by atoms with van der Waals surface area (Å²) in [6.45, 7) is 1.02. The fourth-order valence-electron chi connectivity index (χ4n) is 3.85. The van der Waals surface area contributed by atoms with Gasteiger partial charge in [0.15, 0.2) is 0 Å². The van der Waals surface area contributed by atoms with Gasteiger partial charge in [0.25, 0.3) is 5.91 Å². The molecule has 23 heavy (non-hydrogen) atoms. The van der Waals surface area contributed by atoms with E-state index < -0.39 is 10.0 Å². The normalized spacial score (nSPS) is 28.6. The van der Waals surface area contributed by atoms with Crippen molar-refractivity contribution in [2.75, 3.05) is 20.1 Å². The fraction of sp³-hybridized carbons (Fsp3) is 0.667. The Morgan fingerprint density at radius 1 is 1.35 bits per heavy atom. The molecule has 1 saturated carbocycles. The Morgan fingerprint density at radius 2 is 2.09 bits per heavy atom. The van der Waals surface area contributed by atoms with Gasteiger partial charge in [0, 0.05) is 39.4 Å². The molecule has 1 aromatic rings. The van der Waals surface area contributed by atoms with Gasteiger partial charge in [-0.2, -0.15) is 4.31 Å². The van der Waals surface area contributed by atoms with Crippen molar-refractivity contribution < 1.29 is 13.2 Å². The lowest BCUT2D eigenvalue weighted by Gasteiger charge is -2.29. The molecule has 3 atom stereocenters. The first kappa shape index (κ1) is 16.5. The summed E-state index contributed by atoms with van der Waals surface area (Å²) in [5, 5.41) is 2.52. The Labute approximate surface area is 136 Å². The van der Waals surface area contributed by atoms with Crippen LogP contribution in [-0.2, 0) is 17.1 Å². The minimum absolute atomic E-state index is 0.0890. The molecule has 2 aliphatic rings. The molecule has 3 unspecified atom stereocenters. The quantitative estimate of drug-likeness (QED) is 0.817. The lowest BCUT2D eigenvalue weighted by molar-refractivity contribution is 0.0955. The van der Waals surface area contributed by atoms with Crippen molar-refractivity contribution in [3.63, 3.8) is 0 Å². The van der Waals surface area contributed by atoms with E-state index in [0.29, 0.717) is 24.7 Å². The maximum Gasteiger partial charge on any atom is 0.267 e. The summed E-state index contributed by atoms with van der Waals surface area (Å²) in [5.74, 6) is 0.308. The molecule has 0 spiro atoms. The van der Waals surface area contributed by atoms with Crippen molar-refractivity contribution in [3.05, 3.63) is 18.0 Å². The summed E-state index contributed by atoms with van der Waals surface area (Å²) in [7, 11) is -0.393. The van der Waals surface area contributed by atoms with Crippen LogP contribution in [0.5, 0.6) is 0 Å². The molecule has 0 radical (unpaired) electrons. The van der Waals surface area contributed by atoms with E-state index in [4.69, 9.17) is 5.73 Å². The second-order valence-corrected chi connectivity index (χ2v) is 8.53. The van der Waals surface area contributed by atoms with E-state index in [2.05, 4.69) is 5.32 Å². The number of hydrogen-bond donors (Lipinski definition) is 2. The van der Waals surface area contributed by atoms with Crippen molar-refractivity contribution in [2.24, 2.45) is 24.6 Å². The highest BCUT2D eigenvalue weighted by Crippen LogP contribution is 2.37. The third-order valence-corrected chi connectivity index (χ3v) is 6.99. The summed E-state index contributed by atoms with van der Waals surface area (Å²) in [4.78, 5) is 12.0. The number of nitrogens with two attached hydrogens (primary N) is 1. The summed E-state index contributed by atoms with van der Waals surface area (Å²) < 4.78 is 28.9. The maximum absolute atomic E-state index is 12.9. The standard InChI is InChI=1S/C15H24N4O3S/c1-17-15(20)14-6-11(8-18(14)2)23(21,22)19-7-10-4-3-5-13(16)12(10)9-19/h6,8,10,12-13H,3-5,7,9,16H2,1-2H3,(H,17,20). The predicted octanol–water partition coefficient (Wildman–Crippen LogP) is 0.133. The molecule has 1 aromatic heterocycles. The van der Waals surface area contributed by atoms with Crippen molar-refractivity contribution >= 4 is 15.9 Å². The average molecular weight is 340 g/mol. The second kappa shape index (κ2) is 5.92. The first-order chi connectivity index (χ1) is 10.8. The zero-order valence-electron chi connectivity index (χ0n) is 13.5. The topological polar surface area (TPSA) is 97.4 Å².